The van der Waals surface area contributed by atoms with Gasteiger partial charge in [0, 0.05) is 28.1 Å². The van der Waals surface area contributed by atoms with Crippen molar-refractivity contribution in [1.82, 2.24) is 10.3 Å². The molecule has 25 heavy (non-hydrogen) atoms. The average molecular weight is 401 g/mol. The van der Waals surface area contributed by atoms with Crippen molar-refractivity contribution in [2.45, 2.75) is 6.42 Å². The van der Waals surface area contributed by atoms with Crippen molar-refractivity contribution in [3.05, 3.63) is 70.3 Å². The Kier molecular flexibility index (Phi) is 5.50. The lowest BCUT2D eigenvalue weighted by atomic mass is 10.1. The number of nitrogens with one attached hydrogen (secondary N) is 2. The van der Waals surface area contributed by atoms with Crippen LogP contribution in [0.15, 0.2) is 59.2 Å². The maximum atomic E-state index is 11.8. The summed E-state index contributed by atoms with van der Waals surface area (Å²) in [7, 11) is 0. The van der Waals surface area contributed by atoms with Crippen LogP contribution < -0.4 is 5.32 Å². The van der Waals surface area contributed by atoms with Crippen molar-refractivity contribution in [3.8, 4) is 0 Å². The first-order chi connectivity index (χ1) is 12.1. The monoisotopic (exact) mass is 400 g/mol. The maximum absolute atomic E-state index is 11.8. The molecule has 0 aliphatic heterocycles. The number of carbonyl (C=O) groups is 2. The smallest absolute Gasteiger partial charge is 0.338 e. The molecule has 0 saturated heterocycles. The van der Waals surface area contributed by atoms with Gasteiger partial charge in [0.1, 0.15) is 0 Å². The van der Waals surface area contributed by atoms with Gasteiger partial charge in [0.15, 0.2) is 6.61 Å². The fourth-order valence-corrected chi connectivity index (χ4v) is 2.79. The number of hydrogen-bond acceptors (Lipinski definition) is 3. The molecular formula is C19H17BrN2O3. The van der Waals surface area contributed by atoms with Crippen molar-refractivity contribution in [1.29, 1.82) is 0 Å². The fourth-order valence-electron chi connectivity index (χ4n) is 2.53. The molecule has 3 rings (SSSR count). The van der Waals surface area contributed by atoms with Gasteiger partial charge in [-0.05, 0) is 42.3 Å². The molecule has 0 fully saturated rings. The molecule has 0 bridgehead atoms. The first-order valence-electron chi connectivity index (χ1n) is 7.88. The maximum Gasteiger partial charge on any atom is 0.338 e. The van der Waals surface area contributed by atoms with Crippen molar-refractivity contribution in [3.63, 3.8) is 0 Å². The molecule has 0 spiro atoms. The number of aromatic amines is 1. The summed E-state index contributed by atoms with van der Waals surface area (Å²) in [5, 5.41) is 3.92. The van der Waals surface area contributed by atoms with Gasteiger partial charge in [0.25, 0.3) is 5.91 Å². The minimum atomic E-state index is -0.515. The molecular weight excluding hydrogens is 384 g/mol. The van der Waals surface area contributed by atoms with Crippen molar-refractivity contribution < 1.29 is 14.3 Å². The van der Waals surface area contributed by atoms with Crippen LogP contribution in [0, 0.1) is 0 Å². The quantitative estimate of drug-likeness (QED) is 0.622. The van der Waals surface area contributed by atoms with E-state index in [1.54, 1.807) is 24.3 Å². The van der Waals surface area contributed by atoms with Gasteiger partial charge in [-0.1, -0.05) is 34.1 Å². The Morgan fingerprint density at radius 3 is 2.64 bits per heavy atom. The fraction of sp³-hybridized carbons (Fsp3) is 0.158. The van der Waals surface area contributed by atoms with Gasteiger partial charge in [0.05, 0.1) is 5.56 Å². The number of H-pyrrole nitrogens is 1. The lowest BCUT2D eigenvalue weighted by Gasteiger charge is -2.06. The molecule has 0 saturated carbocycles. The SMILES string of the molecule is O=C(COC(=O)c1ccc(Br)cc1)NCCc1c[nH]c2ccccc12. The minimum Gasteiger partial charge on any atom is -0.452 e. The zero-order valence-corrected chi connectivity index (χ0v) is 15.0. The predicted molar refractivity (Wildman–Crippen MR) is 99.4 cm³/mol. The third kappa shape index (κ3) is 4.48. The number of fused-ring (bicyclic) bond motifs is 1. The van der Waals surface area contributed by atoms with Crippen LogP contribution >= 0.6 is 15.9 Å². The van der Waals surface area contributed by atoms with Crippen LogP contribution in [0.25, 0.3) is 10.9 Å². The second-order valence-electron chi connectivity index (χ2n) is 5.54. The molecule has 6 heteroatoms. The number of rotatable bonds is 6. The zero-order chi connectivity index (χ0) is 17.6. The molecule has 128 valence electrons. The normalized spacial score (nSPS) is 10.6. The first-order valence-corrected chi connectivity index (χ1v) is 8.67. The highest BCUT2D eigenvalue weighted by atomic mass is 79.9. The highest BCUT2D eigenvalue weighted by Gasteiger charge is 2.10. The molecule has 0 atom stereocenters. The van der Waals surface area contributed by atoms with E-state index in [1.165, 1.54) is 0 Å². The number of halogens is 1. The summed E-state index contributed by atoms with van der Waals surface area (Å²) in [6.45, 7) is 0.194. The number of hydrogen-bond donors (Lipinski definition) is 2. The van der Waals surface area contributed by atoms with E-state index in [0.717, 1.165) is 20.9 Å². The highest BCUT2D eigenvalue weighted by molar-refractivity contribution is 9.10. The van der Waals surface area contributed by atoms with Crippen LogP contribution in [0.2, 0.25) is 0 Å². The number of benzene rings is 2. The average Bonchev–Trinajstić information content (AvgIpc) is 3.04. The largest absolute Gasteiger partial charge is 0.452 e. The van der Waals surface area contributed by atoms with Gasteiger partial charge in [-0.2, -0.15) is 0 Å². The van der Waals surface area contributed by atoms with Crippen LogP contribution in [0.5, 0.6) is 0 Å². The van der Waals surface area contributed by atoms with Crippen molar-refractivity contribution >= 4 is 38.7 Å². The van der Waals surface area contributed by atoms with E-state index < -0.39 is 5.97 Å². The van der Waals surface area contributed by atoms with E-state index in [9.17, 15) is 9.59 Å². The lowest BCUT2D eigenvalue weighted by molar-refractivity contribution is -0.124. The van der Waals surface area contributed by atoms with E-state index in [1.807, 2.05) is 30.5 Å². The molecule has 0 aliphatic rings. The number of esters is 1. The van der Waals surface area contributed by atoms with Crippen LogP contribution in [0.4, 0.5) is 0 Å². The second kappa shape index (κ2) is 7.98. The standard InChI is InChI=1S/C19H17BrN2O3/c20-15-7-5-13(6-8-15)19(24)25-12-18(23)21-10-9-14-11-22-17-4-2-1-3-16(14)17/h1-8,11,22H,9-10,12H2,(H,21,23). The van der Waals surface area contributed by atoms with Gasteiger partial charge in [-0.15, -0.1) is 0 Å². The van der Waals surface area contributed by atoms with E-state index in [2.05, 4.69) is 26.2 Å². The summed E-state index contributed by atoms with van der Waals surface area (Å²) in [6, 6.07) is 14.8. The van der Waals surface area contributed by atoms with Crippen LogP contribution in [-0.4, -0.2) is 30.0 Å². The Hall–Kier alpha value is -2.60. The molecule has 2 aromatic carbocycles. The summed E-state index contributed by atoms with van der Waals surface area (Å²) in [5.41, 5.74) is 2.63. The highest BCUT2D eigenvalue weighted by Crippen LogP contribution is 2.17. The molecule has 3 aromatic rings. The van der Waals surface area contributed by atoms with Crippen LogP contribution in [-0.2, 0) is 16.0 Å². The number of para-hydroxylation sites is 1. The number of amides is 1. The lowest BCUT2D eigenvalue weighted by Crippen LogP contribution is -2.30. The van der Waals surface area contributed by atoms with E-state index in [0.29, 0.717) is 18.5 Å². The third-order valence-corrected chi connectivity index (χ3v) is 4.33. The molecule has 1 amide bonds. The Balaban J connectivity index is 1.44. The minimum absolute atomic E-state index is 0.289. The third-order valence-electron chi connectivity index (χ3n) is 3.81. The van der Waals surface area contributed by atoms with Gasteiger partial charge in [-0.25, -0.2) is 4.79 Å². The predicted octanol–water partition coefficient (Wildman–Crippen LogP) is 3.45. The van der Waals surface area contributed by atoms with Gasteiger partial charge in [-0.3, -0.25) is 4.79 Å². The van der Waals surface area contributed by atoms with Gasteiger partial charge >= 0.3 is 5.97 Å². The molecule has 0 aliphatic carbocycles. The van der Waals surface area contributed by atoms with Crippen LogP contribution in [0.1, 0.15) is 15.9 Å². The number of aromatic nitrogens is 1. The molecule has 2 N–H and O–H groups in total. The Labute approximate surface area is 153 Å². The molecule has 5 nitrogen and oxygen atoms in total. The van der Waals surface area contributed by atoms with Crippen molar-refractivity contribution in [2.24, 2.45) is 0 Å². The van der Waals surface area contributed by atoms with E-state index >= 15 is 0 Å². The first kappa shape index (κ1) is 17.2. The summed E-state index contributed by atoms with van der Waals surface area (Å²) in [6.07, 6.45) is 2.65. The number of carbonyl (C=O) groups excluding carboxylic acids is 2. The molecule has 0 radical (unpaired) electrons. The Bertz CT molecular complexity index is 887. The molecule has 1 heterocycles. The van der Waals surface area contributed by atoms with Crippen molar-refractivity contribution in [2.75, 3.05) is 13.2 Å². The van der Waals surface area contributed by atoms with Gasteiger partial charge < -0.3 is 15.0 Å². The topological polar surface area (TPSA) is 71.2 Å². The zero-order valence-electron chi connectivity index (χ0n) is 13.4. The van der Waals surface area contributed by atoms with Crippen LogP contribution in [0.3, 0.4) is 0 Å². The summed E-state index contributed by atoms with van der Waals surface area (Å²) >= 11 is 3.30. The number of ether oxygens (including phenoxy) is 1. The molecule has 0 unspecified atom stereocenters. The second-order valence-corrected chi connectivity index (χ2v) is 6.46. The molecule has 1 aromatic heterocycles. The Morgan fingerprint density at radius 1 is 1.08 bits per heavy atom. The van der Waals surface area contributed by atoms with E-state index in [-0.39, 0.29) is 12.5 Å². The van der Waals surface area contributed by atoms with Gasteiger partial charge in [0.2, 0.25) is 0 Å². The summed E-state index contributed by atoms with van der Waals surface area (Å²) in [4.78, 5) is 26.9. The Morgan fingerprint density at radius 2 is 1.84 bits per heavy atom. The summed E-state index contributed by atoms with van der Waals surface area (Å²) in [5.74, 6) is -0.829. The summed E-state index contributed by atoms with van der Waals surface area (Å²) < 4.78 is 5.89. The van der Waals surface area contributed by atoms with E-state index in [4.69, 9.17) is 4.74 Å².